The van der Waals surface area contributed by atoms with E-state index in [1.807, 2.05) is 42.5 Å². The van der Waals surface area contributed by atoms with E-state index in [2.05, 4.69) is 10.2 Å². The van der Waals surface area contributed by atoms with Crippen molar-refractivity contribution in [3.05, 3.63) is 81.0 Å². The van der Waals surface area contributed by atoms with Gasteiger partial charge in [0.2, 0.25) is 11.0 Å². The molecule has 2 aliphatic rings. The molecule has 0 unspecified atom stereocenters. The van der Waals surface area contributed by atoms with Crippen molar-refractivity contribution in [1.29, 1.82) is 0 Å². The first kappa shape index (κ1) is 22.6. The minimum atomic E-state index is -0.327. The Morgan fingerprint density at radius 1 is 1.00 bits per heavy atom. The Labute approximate surface area is 209 Å². The SMILES string of the molecule is O=C1CCCC2=C1[C@H](c1ccccc1Cl)CC(=O)N2c1nnc(SCc2ccccc2Cl)s1. The maximum absolute atomic E-state index is 13.3. The molecule has 0 N–H and O–H groups in total. The smallest absolute Gasteiger partial charge is 0.234 e. The number of nitrogens with zero attached hydrogens (tertiary/aromatic N) is 3. The molecule has 9 heteroatoms. The highest BCUT2D eigenvalue weighted by Crippen LogP contribution is 2.46. The predicted octanol–water partition coefficient (Wildman–Crippen LogP) is 6.66. The third-order valence-corrected chi connectivity index (χ3v) is 8.66. The molecular weight excluding hydrogens is 497 g/mol. The van der Waals surface area contributed by atoms with Gasteiger partial charge in [-0.15, -0.1) is 10.2 Å². The van der Waals surface area contributed by atoms with Crippen LogP contribution in [0.2, 0.25) is 10.0 Å². The van der Waals surface area contributed by atoms with Crippen molar-refractivity contribution in [2.75, 3.05) is 4.90 Å². The average molecular weight is 516 g/mol. The van der Waals surface area contributed by atoms with Gasteiger partial charge in [0.05, 0.1) is 0 Å². The van der Waals surface area contributed by atoms with Gasteiger partial charge in [-0.2, -0.15) is 0 Å². The van der Waals surface area contributed by atoms with Crippen molar-refractivity contribution >= 4 is 63.1 Å². The molecule has 2 aromatic carbocycles. The summed E-state index contributed by atoms with van der Waals surface area (Å²) >= 11 is 15.6. The van der Waals surface area contributed by atoms with Gasteiger partial charge in [0.25, 0.3) is 0 Å². The standard InChI is InChI=1S/C24H19Cl2N3O2S2/c25-17-8-3-1-6-14(17)13-32-24-28-27-23(33-24)29-19-10-5-11-20(30)22(19)16(12-21(29)31)15-7-2-4-9-18(15)26/h1-4,6-9,16H,5,10-13H2/t16-/m0/s1. The number of thioether (sulfide) groups is 1. The Morgan fingerprint density at radius 3 is 2.55 bits per heavy atom. The quantitative estimate of drug-likeness (QED) is 0.280. The van der Waals surface area contributed by atoms with Crippen LogP contribution in [0.4, 0.5) is 5.13 Å². The summed E-state index contributed by atoms with van der Waals surface area (Å²) in [7, 11) is 0. The zero-order chi connectivity index (χ0) is 22.9. The van der Waals surface area contributed by atoms with Crippen LogP contribution in [-0.2, 0) is 15.3 Å². The summed E-state index contributed by atoms with van der Waals surface area (Å²) in [6.07, 6.45) is 2.02. The zero-order valence-electron chi connectivity index (χ0n) is 17.5. The summed E-state index contributed by atoms with van der Waals surface area (Å²) in [6.45, 7) is 0. The Kier molecular flexibility index (Phi) is 6.56. The molecule has 33 heavy (non-hydrogen) atoms. The van der Waals surface area contributed by atoms with Gasteiger partial charge in [-0.05, 0) is 36.1 Å². The molecule has 168 valence electrons. The van der Waals surface area contributed by atoms with Crippen molar-refractivity contribution in [3.8, 4) is 0 Å². The van der Waals surface area contributed by atoms with Gasteiger partial charge in [0.1, 0.15) is 0 Å². The van der Waals surface area contributed by atoms with Gasteiger partial charge in [-0.1, -0.05) is 82.7 Å². The predicted molar refractivity (Wildman–Crippen MR) is 133 cm³/mol. The largest absolute Gasteiger partial charge is 0.294 e. The number of Topliss-reactive ketones (excluding diaryl/α,β-unsaturated/α-hetero) is 1. The number of allylic oxidation sites excluding steroid dienone is 2. The summed E-state index contributed by atoms with van der Waals surface area (Å²) in [4.78, 5) is 28.0. The number of anilines is 1. The lowest BCUT2D eigenvalue weighted by atomic mass is 9.77. The van der Waals surface area contributed by atoms with Gasteiger partial charge < -0.3 is 0 Å². The van der Waals surface area contributed by atoms with Gasteiger partial charge >= 0.3 is 0 Å². The highest BCUT2D eigenvalue weighted by Gasteiger charge is 2.41. The van der Waals surface area contributed by atoms with E-state index in [1.165, 1.54) is 23.1 Å². The lowest BCUT2D eigenvalue weighted by Gasteiger charge is -2.37. The first-order chi connectivity index (χ1) is 16.0. The van der Waals surface area contributed by atoms with Crippen molar-refractivity contribution in [2.24, 2.45) is 0 Å². The minimum absolute atomic E-state index is 0.0801. The second kappa shape index (κ2) is 9.58. The van der Waals surface area contributed by atoms with Gasteiger partial charge in [0.15, 0.2) is 10.1 Å². The number of aromatic nitrogens is 2. The van der Waals surface area contributed by atoms with Crippen LogP contribution in [0.25, 0.3) is 0 Å². The van der Waals surface area contributed by atoms with Crippen molar-refractivity contribution in [1.82, 2.24) is 10.2 Å². The summed E-state index contributed by atoms with van der Waals surface area (Å²) < 4.78 is 0.746. The first-order valence-corrected chi connectivity index (χ1v) is 13.1. The summed E-state index contributed by atoms with van der Waals surface area (Å²) in [5, 5.41) is 10.4. The van der Waals surface area contributed by atoms with Crippen molar-refractivity contribution < 1.29 is 9.59 Å². The Balaban J connectivity index is 1.46. The summed E-state index contributed by atoms with van der Waals surface area (Å²) in [6, 6.07) is 15.1. The maximum atomic E-state index is 13.3. The van der Waals surface area contributed by atoms with Crippen LogP contribution in [0.3, 0.4) is 0 Å². The molecule has 5 rings (SSSR count). The van der Waals surface area contributed by atoms with Crippen LogP contribution in [0.5, 0.6) is 0 Å². The topological polar surface area (TPSA) is 63.2 Å². The van der Waals surface area contributed by atoms with Crippen LogP contribution in [0.1, 0.15) is 42.7 Å². The minimum Gasteiger partial charge on any atom is -0.294 e. The Bertz CT molecular complexity index is 1270. The van der Waals surface area contributed by atoms with Gasteiger partial charge in [-0.3, -0.25) is 14.5 Å². The van der Waals surface area contributed by atoms with E-state index in [4.69, 9.17) is 23.2 Å². The second-order valence-electron chi connectivity index (χ2n) is 7.88. The third kappa shape index (κ3) is 4.47. The molecule has 2 heterocycles. The normalized spacial score (nSPS) is 18.6. The fraction of sp³-hybridized carbons (Fsp3) is 0.250. The van der Waals surface area contributed by atoms with E-state index in [-0.39, 0.29) is 24.0 Å². The lowest BCUT2D eigenvalue weighted by Crippen LogP contribution is -2.40. The van der Waals surface area contributed by atoms with E-state index < -0.39 is 0 Å². The number of hydrogen-bond donors (Lipinski definition) is 0. The van der Waals surface area contributed by atoms with Gasteiger partial charge in [-0.25, -0.2) is 0 Å². The number of hydrogen-bond acceptors (Lipinski definition) is 6. The number of halogens is 2. The van der Waals surface area contributed by atoms with Crippen LogP contribution in [0.15, 0.2) is 64.1 Å². The van der Waals surface area contributed by atoms with E-state index in [9.17, 15) is 9.59 Å². The summed E-state index contributed by atoms with van der Waals surface area (Å²) in [5.74, 6) is 0.319. The number of ketones is 1. The molecule has 5 nitrogen and oxygen atoms in total. The fourth-order valence-corrected chi connectivity index (χ4v) is 6.78. The van der Waals surface area contributed by atoms with Gasteiger partial charge in [0, 0.05) is 45.8 Å². The lowest BCUT2D eigenvalue weighted by molar-refractivity contribution is -0.119. The second-order valence-corrected chi connectivity index (χ2v) is 10.9. The van der Waals surface area contributed by atoms with Crippen molar-refractivity contribution in [2.45, 2.75) is 41.7 Å². The molecule has 0 spiro atoms. The molecule has 1 amide bonds. The maximum Gasteiger partial charge on any atom is 0.234 e. The highest BCUT2D eigenvalue weighted by atomic mass is 35.5. The number of amides is 1. The Hall–Kier alpha value is -2.19. The van der Waals surface area contributed by atoms with E-state index >= 15 is 0 Å². The Morgan fingerprint density at radius 2 is 1.76 bits per heavy atom. The molecule has 1 atom stereocenters. The van der Waals surface area contributed by atoms with E-state index in [0.29, 0.717) is 45.8 Å². The molecule has 1 aliphatic carbocycles. The molecule has 1 aromatic heterocycles. The van der Waals surface area contributed by atoms with Crippen LogP contribution in [-0.4, -0.2) is 21.9 Å². The molecule has 3 aromatic rings. The summed E-state index contributed by atoms with van der Waals surface area (Å²) in [5.41, 5.74) is 3.27. The molecule has 0 saturated carbocycles. The van der Waals surface area contributed by atoms with Crippen LogP contribution < -0.4 is 4.90 Å². The number of carbonyl (C=O) groups excluding carboxylic acids is 2. The van der Waals surface area contributed by atoms with Crippen LogP contribution >= 0.6 is 46.3 Å². The van der Waals surface area contributed by atoms with E-state index in [1.54, 1.807) is 11.0 Å². The zero-order valence-corrected chi connectivity index (χ0v) is 20.6. The molecule has 0 bridgehead atoms. The molecular formula is C24H19Cl2N3O2S2. The number of benzene rings is 2. The molecule has 0 saturated heterocycles. The molecule has 0 radical (unpaired) electrons. The van der Waals surface area contributed by atoms with Crippen molar-refractivity contribution in [3.63, 3.8) is 0 Å². The molecule has 1 aliphatic heterocycles. The molecule has 0 fully saturated rings. The van der Waals surface area contributed by atoms with E-state index in [0.717, 1.165) is 21.2 Å². The van der Waals surface area contributed by atoms with Crippen LogP contribution in [0, 0.1) is 0 Å². The average Bonchev–Trinajstić information content (AvgIpc) is 3.27. The third-order valence-electron chi connectivity index (χ3n) is 5.85. The number of rotatable bonds is 5. The first-order valence-electron chi connectivity index (χ1n) is 10.6. The fourth-order valence-electron chi connectivity index (χ4n) is 4.34. The number of carbonyl (C=O) groups is 2. The monoisotopic (exact) mass is 515 g/mol. The highest BCUT2D eigenvalue weighted by molar-refractivity contribution is 8.00.